The molecule has 2 aromatic heterocycles. The smallest absolute Gasteiger partial charge is 0.332 e. The van der Waals surface area contributed by atoms with Gasteiger partial charge in [-0.3, -0.25) is 18.7 Å². The van der Waals surface area contributed by atoms with Crippen LogP contribution in [0.3, 0.4) is 0 Å². The van der Waals surface area contributed by atoms with Crippen LogP contribution in [0.1, 0.15) is 5.56 Å². The highest BCUT2D eigenvalue weighted by atomic mass is 16.5. The number of aryl methyl sites for hydroxylation is 3. The predicted octanol–water partition coefficient (Wildman–Crippen LogP) is 0.639. The number of pyridine rings is 1. The Labute approximate surface area is 153 Å². The molecule has 4 rings (SSSR count). The summed E-state index contributed by atoms with van der Waals surface area (Å²) in [7, 11) is 6.07. The Bertz CT molecular complexity index is 1280. The van der Waals surface area contributed by atoms with Crippen molar-refractivity contribution in [2.24, 2.45) is 14.1 Å². The Morgan fingerprint density at radius 1 is 0.926 bits per heavy atom. The largest absolute Gasteiger partial charge is 0.493 e. The van der Waals surface area contributed by atoms with E-state index in [1.807, 2.05) is 16.7 Å². The van der Waals surface area contributed by atoms with Crippen molar-refractivity contribution in [3.05, 3.63) is 54.8 Å². The average molecular weight is 369 g/mol. The maximum absolute atomic E-state index is 12.8. The molecule has 0 saturated carbocycles. The summed E-state index contributed by atoms with van der Waals surface area (Å²) in [4.78, 5) is 37.7. The molecule has 0 spiro atoms. The molecule has 27 heavy (non-hydrogen) atoms. The van der Waals surface area contributed by atoms with Crippen LogP contribution < -0.4 is 26.2 Å². The molecule has 3 aromatic rings. The number of fused-ring (bicyclic) bond motifs is 5. The second-order valence-corrected chi connectivity index (χ2v) is 6.56. The summed E-state index contributed by atoms with van der Waals surface area (Å²) in [5.41, 5.74) is 1.38. The zero-order chi connectivity index (χ0) is 19.5. The van der Waals surface area contributed by atoms with Crippen molar-refractivity contribution in [3.63, 3.8) is 0 Å². The second-order valence-electron chi connectivity index (χ2n) is 6.56. The van der Waals surface area contributed by atoms with Crippen molar-refractivity contribution in [2.75, 3.05) is 14.2 Å². The van der Waals surface area contributed by atoms with E-state index in [-0.39, 0.29) is 5.39 Å². The van der Waals surface area contributed by atoms with E-state index in [0.717, 1.165) is 15.7 Å². The Kier molecular flexibility index (Phi) is 3.73. The molecule has 0 amide bonds. The van der Waals surface area contributed by atoms with Crippen molar-refractivity contribution in [3.8, 4) is 22.8 Å². The van der Waals surface area contributed by atoms with Crippen LogP contribution in [0.4, 0.5) is 0 Å². The van der Waals surface area contributed by atoms with Crippen LogP contribution in [-0.2, 0) is 27.1 Å². The molecule has 1 aliphatic rings. The third-order valence-corrected chi connectivity index (χ3v) is 5.18. The van der Waals surface area contributed by atoms with Gasteiger partial charge in [0.25, 0.3) is 5.56 Å². The van der Waals surface area contributed by atoms with E-state index in [2.05, 4.69) is 0 Å². The van der Waals surface area contributed by atoms with Crippen molar-refractivity contribution in [2.45, 2.75) is 13.0 Å². The van der Waals surface area contributed by atoms with Crippen molar-refractivity contribution in [1.82, 2.24) is 13.7 Å². The standard InChI is InChI=1S/C19H19N3O5/c1-20-17-16(18(24)21(2)19(20)25)13(23)9-12-11-8-15(27-4)14(26-3)7-10(11)5-6-22(12)17/h7-9H,5-6H2,1-4H3. The van der Waals surface area contributed by atoms with Crippen LogP contribution in [0.5, 0.6) is 11.5 Å². The lowest BCUT2D eigenvalue weighted by Gasteiger charge is -2.26. The molecule has 0 atom stereocenters. The number of aromatic nitrogens is 3. The molecule has 3 heterocycles. The van der Waals surface area contributed by atoms with E-state index < -0.39 is 16.7 Å². The Balaban J connectivity index is 2.17. The summed E-state index contributed by atoms with van der Waals surface area (Å²) in [6.45, 7) is 0.537. The van der Waals surface area contributed by atoms with Gasteiger partial charge in [-0.15, -0.1) is 0 Å². The lowest BCUT2D eigenvalue weighted by atomic mass is 9.96. The molecule has 0 N–H and O–H groups in total. The molecule has 8 nitrogen and oxygen atoms in total. The van der Waals surface area contributed by atoms with E-state index in [4.69, 9.17) is 9.47 Å². The monoisotopic (exact) mass is 369 g/mol. The number of ether oxygens (including phenoxy) is 2. The van der Waals surface area contributed by atoms with Crippen molar-refractivity contribution in [1.29, 1.82) is 0 Å². The molecule has 0 unspecified atom stereocenters. The van der Waals surface area contributed by atoms with Gasteiger partial charge in [-0.1, -0.05) is 0 Å². The molecule has 1 aliphatic heterocycles. The van der Waals surface area contributed by atoms with Crippen molar-refractivity contribution >= 4 is 11.0 Å². The van der Waals surface area contributed by atoms with Gasteiger partial charge >= 0.3 is 5.69 Å². The molecule has 1 aromatic carbocycles. The van der Waals surface area contributed by atoms with Gasteiger partial charge in [0.1, 0.15) is 11.0 Å². The van der Waals surface area contributed by atoms with Gasteiger partial charge < -0.3 is 14.0 Å². The second kappa shape index (κ2) is 5.87. The summed E-state index contributed by atoms with van der Waals surface area (Å²) in [5, 5.41) is 0.0206. The quantitative estimate of drug-likeness (QED) is 0.662. The van der Waals surface area contributed by atoms with Gasteiger partial charge in [-0.25, -0.2) is 4.79 Å². The number of methoxy groups -OCH3 is 2. The molecule has 0 saturated heterocycles. The third kappa shape index (κ3) is 2.26. The van der Waals surface area contributed by atoms with E-state index in [9.17, 15) is 14.4 Å². The number of rotatable bonds is 2. The van der Waals surface area contributed by atoms with Crippen LogP contribution in [0.25, 0.3) is 22.3 Å². The maximum Gasteiger partial charge on any atom is 0.332 e. The van der Waals surface area contributed by atoms with Crippen LogP contribution in [-0.4, -0.2) is 27.9 Å². The molecule has 140 valence electrons. The fourth-order valence-electron chi connectivity index (χ4n) is 3.80. The summed E-state index contributed by atoms with van der Waals surface area (Å²) in [5.74, 6) is 1.17. The molecule has 8 heteroatoms. The molecule has 0 aliphatic carbocycles. The van der Waals surface area contributed by atoms with Crippen molar-refractivity contribution < 1.29 is 9.47 Å². The van der Waals surface area contributed by atoms with Crippen LogP contribution in [0, 0.1) is 0 Å². The zero-order valence-electron chi connectivity index (χ0n) is 15.5. The first-order chi connectivity index (χ1) is 12.9. The van der Waals surface area contributed by atoms with Crippen LogP contribution in [0.15, 0.2) is 32.6 Å². The van der Waals surface area contributed by atoms with Gasteiger partial charge in [0.05, 0.1) is 19.9 Å². The first kappa shape index (κ1) is 17.1. The van der Waals surface area contributed by atoms with E-state index >= 15 is 0 Å². The summed E-state index contributed by atoms with van der Waals surface area (Å²) in [6, 6.07) is 5.18. The average Bonchev–Trinajstić information content (AvgIpc) is 2.68. The number of nitrogens with zero attached hydrogens (tertiary/aromatic N) is 3. The Morgan fingerprint density at radius 3 is 2.26 bits per heavy atom. The minimum absolute atomic E-state index is 0.0206. The van der Waals surface area contributed by atoms with Gasteiger partial charge in [0.2, 0.25) is 0 Å². The molecular weight excluding hydrogens is 350 g/mol. The Morgan fingerprint density at radius 2 is 1.59 bits per heavy atom. The maximum atomic E-state index is 12.8. The predicted molar refractivity (Wildman–Crippen MR) is 101 cm³/mol. The fraction of sp³-hybridized carbons (Fsp3) is 0.316. The number of hydrogen-bond acceptors (Lipinski definition) is 5. The topological polar surface area (TPSA) is 84.5 Å². The third-order valence-electron chi connectivity index (χ3n) is 5.18. The first-order valence-electron chi connectivity index (χ1n) is 8.48. The molecule has 0 radical (unpaired) electrons. The lowest BCUT2D eigenvalue weighted by Crippen LogP contribution is -2.40. The normalized spacial score (nSPS) is 12.6. The fourth-order valence-corrected chi connectivity index (χ4v) is 3.80. The van der Waals surface area contributed by atoms with Gasteiger partial charge in [-0.2, -0.15) is 0 Å². The summed E-state index contributed by atoms with van der Waals surface area (Å²) < 4.78 is 14.9. The van der Waals surface area contributed by atoms with E-state index in [1.54, 1.807) is 21.3 Å². The number of benzene rings is 1. The van der Waals surface area contributed by atoms with E-state index in [1.165, 1.54) is 17.7 Å². The summed E-state index contributed by atoms with van der Waals surface area (Å²) in [6.07, 6.45) is 0.671. The highest BCUT2D eigenvalue weighted by Gasteiger charge is 2.24. The molecule has 0 bridgehead atoms. The highest BCUT2D eigenvalue weighted by Crippen LogP contribution is 2.38. The minimum Gasteiger partial charge on any atom is -0.493 e. The SMILES string of the molecule is COc1cc2c(cc1OC)-c1cc(=O)c3c(=O)n(C)c(=O)n(C)c3n1CC2. The molecular formula is C19H19N3O5. The van der Waals surface area contributed by atoms with E-state index in [0.29, 0.717) is 35.8 Å². The van der Waals surface area contributed by atoms with Crippen LogP contribution in [0.2, 0.25) is 0 Å². The zero-order valence-corrected chi connectivity index (χ0v) is 15.5. The number of hydrogen-bond donors (Lipinski definition) is 0. The van der Waals surface area contributed by atoms with Gasteiger partial charge in [-0.05, 0) is 24.1 Å². The lowest BCUT2D eigenvalue weighted by molar-refractivity contribution is 0.354. The van der Waals surface area contributed by atoms with Gasteiger partial charge in [0, 0.05) is 32.3 Å². The molecule has 0 fully saturated rings. The van der Waals surface area contributed by atoms with Crippen LogP contribution >= 0.6 is 0 Å². The summed E-state index contributed by atoms with van der Waals surface area (Å²) >= 11 is 0. The Hall–Kier alpha value is -3.29. The van der Waals surface area contributed by atoms with Gasteiger partial charge in [0.15, 0.2) is 16.9 Å². The minimum atomic E-state index is -0.577. The first-order valence-corrected chi connectivity index (χ1v) is 8.48. The highest BCUT2D eigenvalue weighted by molar-refractivity contribution is 5.81.